The number of hydrogen-bond acceptors (Lipinski definition) is 2. The van der Waals surface area contributed by atoms with E-state index in [1.165, 1.54) is 5.56 Å². The first-order valence-corrected chi connectivity index (χ1v) is 7.78. The van der Waals surface area contributed by atoms with Gasteiger partial charge < -0.3 is 5.32 Å². The van der Waals surface area contributed by atoms with Gasteiger partial charge >= 0.3 is 0 Å². The molecule has 0 fully saturated rings. The predicted octanol–water partition coefficient (Wildman–Crippen LogP) is 3.73. The number of rotatable bonds is 7. The monoisotopic (exact) mass is 304 g/mol. The van der Waals surface area contributed by atoms with E-state index in [-0.39, 0.29) is 11.5 Å². The van der Waals surface area contributed by atoms with Crippen LogP contribution in [0.25, 0.3) is 6.08 Å². The topological polar surface area (TPSA) is 52.9 Å². The van der Waals surface area contributed by atoms with Gasteiger partial charge in [0.1, 0.15) is 11.6 Å². The molecule has 0 unspecified atom stereocenters. The highest BCUT2D eigenvalue weighted by atomic mass is 16.1. The van der Waals surface area contributed by atoms with Crippen molar-refractivity contribution in [3.63, 3.8) is 0 Å². The molecule has 0 atom stereocenters. The lowest BCUT2D eigenvalue weighted by Gasteiger charge is -2.05. The molecule has 3 nitrogen and oxygen atoms in total. The summed E-state index contributed by atoms with van der Waals surface area (Å²) in [6.07, 6.45) is 4.51. The highest BCUT2D eigenvalue weighted by molar-refractivity contribution is 6.01. The SMILES string of the molecule is N#C/C(=C\c1ccccc1)C(=O)NCCCCc1ccccc1. The second kappa shape index (κ2) is 9.22. The van der Waals surface area contributed by atoms with Crippen LogP contribution in [-0.2, 0) is 11.2 Å². The van der Waals surface area contributed by atoms with Crippen LogP contribution in [0.3, 0.4) is 0 Å². The van der Waals surface area contributed by atoms with Crippen molar-refractivity contribution in [2.45, 2.75) is 19.3 Å². The average molecular weight is 304 g/mol. The van der Waals surface area contributed by atoms with Crippen molar-refractivity contribution in [3.8, 4) is 6.07 Å². The Morgan fingerprint density at radius 1 is 1.00 bits per heavy atom. The van der Waals surface area contributed by atoms with Crippen molar-refractivity contribution >= 4 is 12.0 Å². The van der Waals surface area contributed by atoms with Crippen LogP contribution in [0.4, 0.5) is 0 Å². The Labute approximate surface area is 137 Å². The van der Waals surface area contributed by atoms with Crippen molar-refractivity contribution in [3.05, 3.63) is 77.4 Å². The van der Waals surface area contributed by atoms with Gasteiger partial charge in [0.15, 0.2) is 0 Å². The zero-order valence-corrected chi connectivity index (χ0v) is 13.0. The minimum absolute atomic E-state index is 0.138. The molecule has 0 spiro atoms. The summed E-state index contributed by atoms with van der Waals surface area (Å²) in [6, 6.07) is 21.6. The highest BCUT2D eigenvalue weighted by Gasteiger charge is 2.07. The highest BCUT2D eigenvalue weighted by Crippen LogP contribution is 2.07. The zero-order valence-electron chi connectivity index (χ0n) is 13.0. The molecule has 0 saturated heterocycles. The summed E-state index contributed by atoms with van der Waals surface area (Å²) in [6.45, 7) is 0.583. The van der Waals surface area contributed by atoms with Gasteiger partial charge in [-0.25, -0.2) is 0 Å². The molecular weight excluding hydrogens is 284 g/mol. The van der Waals surface area contributed by atoms with Crippen molar-refractivity contribution in [1.82, 2.24) is 5.32 Å². The fourth-order valence-corrected chi connectivity index (χ4v) is 2.26. The molecule has 0 heterocycles. The van der Waals surface area contributed by atoms with E-state index in [0.29, 0.717) is 6.54 Å². The second-order valence-electron chi connectivity index (χ2n) is 5.28. The molecular formula is C20H20N2O. The molecule has 0 aliphatic carbocycles. The number of carbonyl (C=O) groups is 1. The number of nitriles is 1. The molecule has 116 valence electrons. The number of nitrogens with one attached hydrogen (secondary N) is 1. The van der Waals surface area contributed by atoms with E-state index < -0.39 is 0 Å². The third-order valence-electron chi connectivity index (χ3n) is 3.50. The van der Waals surface area contributed by atoms with Crippen LogP contribution < -0.4 is 5.32 Å². The summed E-state index contributed by atoms with van der Waals surface area (Å²) in [5.74, 6) is -0.309. The Morgan fingerprint density at radius 3 is 2.30 bits per heavy atom. The number of hydrogen-bond donors (Lipinski definition) is 1. The van der Waals surface area contributed by atoms with Crippen LogP contribution in [0.1, 0.15) is 24.0 Å². The molecule has 0 saturated carbocycles. The first-order chi connectivity index (χ1) is 11.3. The lowest BCUT2D eigenvalue weighted by molar-refractivity contribution is -0.117. The van der Waals surface area contributed by atoms with E-state index in [0.717, 1.165) is 24.8 Å². The van der Waals surface area contributed by atoms with Gasteiger partial charge in [0.2, 0.25) is 0 Å². The Balaban J connectivity index is 1.75. The van der Waals surface area contributed by atoms with E-state index in [9.17, 15) is 4.79 Å². The molecule has 1 amide bonds. The summed E-state index contributed by atoms with van der Waals surface area (Å²) in [5, 5.41) is 11.9. The number of aryl methyl sites for hydroxylation is 1. The number of unbranched alkanes of at least 4 members (excludes halogenated alkanes) is 1. The average Bonchev–Trinajstić information content (AvgIpc) is 2.61. The molecule has 0 aliphatic rings. The van der Waals surface area contributed by atoms with Crippen LogP contribution in [0, 0.1) is 11.3 Å². The maximum Gasteiger partial charge on any atom is 0.261 e. The van der Waals surface area contributed by atoms with E-state index in [4.69, 9.17) is 5.26 Å². The lowest BCUT2D eigenvalue weighted by Crippen LogP contribution is -2.25. The van der Waals surface area contributed by atoms with Crippen molar-refractivity contribution in [1.29, 1.82) is 5.26 Å². The fourth-order valence-electron chi connectivity index (χ4n) is 2.26. The Bertz CT molecular complexity index is 685. The maximum absolute atomic E-state index is 12.0. The van der Waals surface area contributed by atoms with Crippen LogP contribution in [0.2, 0.25) is 0 Å². The lowest BCUT2D eigenvalue weighted by atomic mass is 10.1. The molecule has 0 bridgehead atoms. The molecule has 0 aromatic heterocycles. The Morgan fingerprint density at radius 2 is 1.65 bits per heavy atom. The zero-order chi connectivity index (χ0) is 16.3. The van der Waals surface area contributed by atoms with E-state index in [1.807, 2.05) is 54.6 Å². The Kier molecular flexibility index (Phi) is 6.62. The second-order valence-corrected chi connectivity index (χ2v) is 5.28. The predicted molar refractivity (Wildman–Crippen MR) is 92.4 cm³/mol. The van der Waals surface area contributed by atoms with Crippen LogP contribution in [0.15, 0.2) is 66.2 Å². The van der Waals surface area contributed by atoms with Gasteiger partial charge in [-0.05, 0) is 36.5 Å². The van der Waals surface area contributed by atoms with Gasteiger partial charge in [0, 0.05) is 6.54 Å². The summed E-state index contributed by atoms with van der Waals surface area (Å²) in [4.78, 5) is 12.0. The van der Waals surface area contributed by atoms with E-state index >= 15 is 0 Å². The van der Waals surface area contributed by atoms with Crippen LogP contribution in [0.5, 0.6) is 0 Å². The fraction of sp³-hybridized carbons (Fsp3) is 0.200. The molecule has 0 aliphatic heterocycles. The van der Waals surface area contributed by atoms with Gasteiger partial charge in [-0.15, -0.1) is 0 Å². The number of amides is 1. The van der Waals surface area contributed by atoms with Crippen molar-refractivity contribution in [2.75, 3.05) is 6.54 Å². The van der Waals surface area contributed by atoms with Crippen LogP contribution in [-0.4, -0.2) is 12.5 Å². The van der Waals surface area contributed by atoms with Gasteiger partial charge in [-0.1, -0.05) is 60.7 Å². The van der Waals surface area contributed by atoms with Crippen molar-refractivity contribution < 1.29 is 4.79 Å². The van der Waals surface area contributed by atoms with Crippen LogP contribution >= 0.6 is 0 Å². The summed E-state index contributed by atoms with van der Waals surface area (Å²) >= 11 is 0. The molecule has 23 heavy (non-hydrogen) atoms. The first kappa shape index (κ1) is 16.5. The molecule has 2 rings (SSSR count). The first-order valence-electron chi connectivity index (χ1n) is 7.78. The van der Waals surface area contributed by atoms with Gasteiger partial charge in [0.05, 0.1) is 0 Å². The molecule has 3 heteroatoms. The standard InChI is InChI=1S/C20H20N2O/c21-16-19(15-18-12-5-2-6-13-18)20(23)22-14-8-7-11-17-9-3-1-4-10-17/h1-6,9-10,12-13,15H,7-8,11,14H2,(H,22,23)/b19-15+. The quantitative estimate of drug-likeness (QED) is 0.481. The summed E-state index contributed by atoms with van der Waals surface area (Å²) < 4.78 is 0. The maximum atomic E-state index is 12.0. The molecule has 1 N–H and O–H groups in total. The third kappa shape index (κ3) is 5.80. The van der Waals surface area contributed by atoms with Crippen molar-refractivity contribution in [2.24, 2.45) is 0 Å². The molecule has 2 aromatic carbocycles. The molecule has 0 radical (unpaired) electrons. The van der Waals surface area contributed by atoms with E-state index in [2.05, 4.69) is 17.4 Å². The largest absolute Gasteiger partial charge is 0.351 e. The normalized spacial score (nSPS) is 10.8. The minimum atomic E-state index is -0.309. The minimum Gasteiger partial charge on any atom is -0.351 e. The number of benzene rings is 2. The number of carbonyl (C=O) groups excluding carboxylic acids is 1. The number of nitrogens with zero attached hydrogens (tertiary/aromatic N) is 1. The van der Waals surface area contributed by atoms with Gasteiger partial charge in [0.25, 0.3) is 5.91 Å². The smallest absolute Gasteiger partial charge is 0.261 e. The molecule has 2 aromatic rings. The van der Waals surface area contributed by atoms with Gasteiger partial charge in [-0.3, -0.25) is 4.79 Å². The third-order valence-corrected chi connectivity index (χ3v) is 3.50. The van der Waals surface area contributed by atoms with Gasteiger partial charge in [-0.2, -0.15) is 5.26 Å². The summed E-state index contributed by atoms with van der Waals surface area (Å²) in [5.41, 5.74) is 2.29. The Hall–Kier alpha value is -2.86. The van der Waals surface area contributed by atoms with E-state index in [1.54, 1.807) is 6.08 Å². The summed E-state index contributed by atoms with van der Waals surface area (Å²) in [7, 11) is 0.